The van der Waals surface area contributed by atoms with E-state index in [1.165, 1.54) is 10.4 Å². The van der Waals surface area contributed by atoms with Gasteiger partial charge in [0.15, 0.2) is 0 Å². The molecular formula is C14H22N2O2S. The largest absolute Gasteiger partial charge is 0.375 e. The second-order valence-electron chi connectivity index (χ2n) is 5.00. The van der Waals surface area contributed by atoms with E-state index in [4.69, 9.17) is 4.74 Å². The number of likely N-dealkylation sites (tertiary alicyclic amines) is 1. The van der Waals surface area contributed by atoms with Crippen molar-refractivity contribution in [2.24, 2.45) is 0 Å². The molecule has 2 heterocycles. The van der Waals surface area contributed by atoms with Crippen molar-refractivity contribution in [3.8, 4) is 0 Å². The van der Waals surface area contributed by atoms with Gasteiger partial charge in [0.1, 0.15) is 6.61 Å². The lowest BCUT2D eigenvalue weighted by atomic mass is 10.0. The summed E-state index contributed by atoms with van der Waals surface area (Å²) in [5.41, 5.74) is 1.37. The number of piperidine rings is 1. The number of ether oxygens (including phenoxy) is 1. The minimum atomic E-state index is 0.107. The Morgan fingerprint density at radius 1 is 1.53 bits per heavy atom. The van der Waals surface area contributed by atoms with Crippen molar-refractivity contribution in [3.63, 3.8) is 0 Å². The van der Waals surface area contributed by atoms with Crippen LogP contribution in [0.5, 0.6) is 0 Å². The first kappa shape index (κ1) is 14.5. The quantitative estimate of drug-likeness (QED) is 0.895. The van der Waals surface area contributed by atoms with E-state index in [2.05, 4.69) is 23.7 Å². The number of rotatable bonds is 5. The van der Waals surface area contributed by atoms with Crippen molar-refractivity contribution >= 4 is 17.2 Å². The molecule has 19 heavy (non-hydrogen) atoms. The van der Waals surface area contributed by atoms with Gasteiger partial charge in [-0.1, -0.05) is 0 Å². The predicted molar refractivity (Wildman–Crippen MR) is 77.4 cm³/mol. The molecule has 4 nitrogen and oxygen atoms in total. The fourth-order valence-corrected chi connectivity index (χ4v) is 3.23. The van der Waals surface area contributed by atoms with E-state index in [-0.39, 0.29) is 12.5 Å². The van der Waals surface area contributed by atoms with Crippen molar-refractivity contribution in [1.82, 2.24) is 10.2 Å². The number of carbonyl (C=O) groups excluding carboxylic acids is 1. The number of hydrogen-bond donors (Lipinski definition) is 1. The Morgan fingerprint density at radius 2 is 2.26 bits per heavy atom. The summed E-state index contributed by atoms with van der Waals surface area (Å²) >= 11 is 1.81. The van der Waals surface area contributed by atoms with Gasteiger partial charge in [0.2, 0.25) is 5.91 Å². The zero-order valence-corrected chi connectivity index (χ0v) is 12.5. The van der Waals surface area contributed by atoms with E-state index < -0.39 is 0 Å². The van der Waals surface area contributed by atoms with Gasteiger partial charge < -0.3 is 15.0 Å². The fraction of sp³-hybridized carbons (Fsp3) is 0.643. The number of carbonyl (C=O) groups is 1. The van der Waals surface area contributed by atoms with Crippen LogP contribution in [-0.4, -0.2) is 43.7 Å². The highest BCUT2D eigenvalue weighted by molar-refractivity contribution is 7.10. The number of thiophene rings is 1. The molecule has 106 valence electrons. The van der Waals surface area contributed by atoms with Gasteiger partial charge in [-0.3, -0.25) is 4.79 Å². The summed E-state index contributed by atoms with van der Waals surface area (Å²) in [4.78, 5) is 15.0. The van der Waals surface area contributed by atoms with E-state index >= 15 is 0 Å². The third kappa shape index (κ3) is 4.03. The summed E-state index contributed by atoms with van der Waals surface area (Å²) in [6.07, 6.45) is 2.06. The van der Waals surface area contributed by atoms with Gasteiger partial charge in [-0.05, 0) is 36.8 Å². The normalized spacial score (nSPS) is 16.8. The summed E-state index contributed by atoms with van der Waals surface area (Å²) < 4.78 is 4.89. The highest BCUT2D eigenvalue weighted by Gasteiger charge is 2.22. The molecule has 1 aliphatic heterocycles. The Balaban J connectivity index is 1.72. The van der Waals surface area contributed by atoms with Gasteiger partial charge in [-0.15, -0.1) is 11.3 Å². The molecule has 0 aliphatic carbocycles. The van der Waals surface area contributed by atoms with Gasteiger partial charge in [0.05, 0.1) is 0 Å². The maximum Gasteiger partial charge on any atom is 0.248 e. The maximum absolute atomic E-state index is 11.7. The van der Waals surface area contributed by atoms with E-state index in [1.54, 1.807) is 18.4 Å². The minimum absolute atomic E-state index is 0.107. The highest BCUT2D eigenvalue weighted by atomic mass is 32.1. The molecule has 0 unspecified atom stereocenters. The molecule has 1 aliphatic rings. The Hall–Kier alpha value is -0.910. The van der Waals surface area contributed by atoms with E-state index in [0.29, 0.717) is 6.04 Å². The van der Waals surface area contributed by atoms with Crippen LogP contribution in [-0.2, 0) is 16.1 Å². The SMILES string of the molecule is COCC(=O)N1CCC(NCc2sccc2C)CC1. The van der Waals surface area contributed by atoms with E-state index in [9.17, 15) is 4.79 Å². The molecular weight excluding hydrogens is 260 g/mol. The van der Waals surface area contributed by atoms with Crippen LogP contribution >= 0.6 is 11.3 Å². The summed E-state index contributed by atoms with van der Waals surface area (Å²) in [7, 11) is 1.57. The van der Waals surface area contributed by atoms with Gasteiger partial charge in [0.25, 0.3) is 0 Å². The lowest BCUT2D eigenvalue weighted by molar-refractivity contribution is -0.136. The Kier molecular flexibility index (Phi) is 5.36. The number of methoxy groups -OCH3 is 1. The van der Waals surface area contributed by atoms with E-state index in [0.717, 1.165) is 32.5 Å². The smallest absolute Gasteiger partial charge is 0.248 e. The first-order valence-corrected chi connectivity index (χ1v) is 7.61. The zero-order valence-electron chi connectivity index (χ0n) is 11.6. The second kappa shape index (κ2) is 7.03. The molecule has 1 aromatic heterocycles. The van der Waals surface area contributed by atoms with Gasteiger partial charge in [0, 0.05) is 37.7 Å². The topological polar surface area (TPSA) is 41.6 Å². The molecule has 0 atom stereocenters. The molecule has 1 amide bonds. The lowest BCUT2D eigenvalue weighted by Gasteiger charge is -2.32. The monoisotopic (exact) mass is 282 g/mol. The van der Waals surface area contributed by atoms with Crippen LogP contribution in [0, 0.1) is 6.92 Å². The van der Waals surface area contributed by atoms with Crippen molar-refractivity contribution in [1.29, 1.82) is 0 Å². The van der Waals surface area contributed by atoms with Crippen molar-refractivity contribution in [2.45, 2.75) is 32.4 Å². The van der Waals surface area contributed by atoms with Crippen LogP contribution in [0.4, 0.5) is 0 Å². The van der Waals surface area contributed by atoms with Crippen LogP contribution < -0.4 is 5.32 Å². The Bertz CT molecular complexity index is 411. The first-order chi connectivity index (χ1) is 9.20. The van der Waals surface area contributed by atoms with Crippen LogP contribution in [0.3, 0.4) is 0 Å². The van der Waals surface area contributed by atoms with Crippen LogP contribution in [0.15, 0.2) is 11.4 Å². The standard InChI is InChI=1S/C14H22N2O2S/c1-11-5-8-19-13(11)9-15-12-3-6-16(7-4-12)14(17)10-18-2/h5,8,12,15H,3-4,6-7,9-10H2,1-2H3. The van der Waals surface area contributed by atoms with Gasteiger partial charge in [-0.25, -0.2) is 0 Å². The predicted octanol–water partition coefficient (Wildman–Crippen LogP) is 1.78. The molecule has 0 spiro atoms. The number of amides is 1. The third-order valence-corrected chi connectivity index (χ3v) is 4.66. The number of nitrogens with zero attached hydrogens (tertiary/aromatic N) is 1. The zero-order chi connectivity index (χ0) is 13.7. The number of nitrogens with one attached hydrogen (secondary N) is 1. The lowest BCUT2D eigenvalue weighted by Crippen LogP contribution is -2.45. The summed E-state index contributed by atoms with van der Waals surface area (Å²) in [5.74, 6) is 0.107. The Morgan fingerprint density at radius 3 is 2.84 bits per heavy atom. The number of aryl methyl sites for hydroxylation is 1. The molecule has 0 saturated carbocycles. The van der Waals surface area contributed by atoms with Crippen molar-refractivity contribution in [3.05, 3.63) is 21.9 Å². The summed E-state index contributed by atoms with van der Waals surface area (Å²) in [6, 6.07) is 2.68. The molecule has 0 bridgehead atoms. The van der Waals surface area contributed by atoms with Crippen LogP contribution in [0.1, 0.15) is 23.3 Å². The number of hydrogen-bond acceptors (Lipinski definition) is 4. The maximum atomic E-state index is 11.7. The molecule has 2 rings (SSSR count). The average molecular weight is 282 g/mol. The van der Waals surface area contributed by atoms with Gasteiger partial charge in [-0.2, -0.15) is 0 Å². The highest BCUT2D eigenvalue weighted by Crippen LogP contribution is 2.17. The van der Waals surface area contributed by atoms with Crippen molar-refractivity contribution in [2.75, 3.05) is 26.8 Å². The Labute approximate surface area is 118 Å². The van der Waals surface area contributed by atoms with Gasteiger partial charge >= 0.3 is 0 Å². The molecule has 0 aromatic carbocycles. The molecule has 0 radical (unpaired) electrons. The van der Waals surface area contributed by atoms with Crippen LogP contribution in [0.25, 0.3) is 0 Å². The summed E-state index contributed by atoms with van der Waals surface area (Å²) in [5, 5.41) is 5.73. The summed E-state index contributed by atoms with van der Waals surface area (Å²) in [6.45, 7) is 4.97. The fourth-order valence-electron chi connectivity index (χ4n) is 2.37. The average Bonchev–Trinajstić information content (AvgIpc) is 2.83. The third-order valence-electron chi connectivity index (χ3n) is 3.63. The van der Waals surface area contributed by atoms with Crippen molar-refractivity contribution < 1.29 is 9.53 Å². The minimum Gasteiger partial charge on any atom is -0.375 e. The van der Waals surface area contributed by atoms with Crippen LogP contribution in [0.2, 0.25) is 0 Å². The second-order valence-corrected chi connectivity index (χ2v) is 6.00. The molecule has 5 heteroatoms. The molecule has 1 fully saturated rings. The first-order valence-electron chi connectivity index (χ1n) is 6.73. The molecule has 1 aromatic rings. The molecule has 1 N–H and O–H groups in total. The molecule has 1 saturated heterocycles. The van der Waals surface area contributed by atoms with E-state index in [1.807, 2.05) is 4.90 Å².